The third-order valence-corrected chi connectivity index (χ3v) is 6.16. The van der Waals surface area contributed by atoms with Crippen molar-refractivity contribution in [3.05, 3.63) is 69.3 Å². The van der Waals surface area contributed by atoms with Crippen LogP contribution in [-0.2, 0) is 11.8 Å². The molecule has 0 fully saturated rings. The van der Waals surface area contributed by atoms with E-state index < -0.39 is 12.1 Å². The fourth-order valence-corrected chi connectivity index (χ4v) is 3.95. The number of hydrogen-bond donors (Lipinski definition) is 3. The molecule has 1 aliphatic carbocycles. The lowest BCUT2D eigenvalue weighted by Gasteiger charge is -2.14. The molecule has 0 bridgehead atoms. The van der Waals surface area contributed by atoms with Crippen LogP contribution in [0, 0.1) is 0 Å². The maximum absolute atomic E-state index is 12.7. The largest absolute Gasteiger partial charge is 0.388 e. The Morgan fingerprint density at radius 1 is 1.16 bits per heavy atom. The summed E-state index contributed by atoms with van der Waals surface area (Å²) in [6, 6.07) is 12.3. The van der Waals surface area contributed by atoms with Gasteiger partial charge in [-0.3, -0.25) is 5.32 Å². The zero-order valence-electron chi connectivity index (χ0n) is 17.5. The molecule has 0 aliphatic heterocycles. The van der Waals surface area contributed by atoms with Crippen molar-refractivity contribution in [3.8, 4) is 5.69 Å². The van der Waals surface area contributed by atoms with Crippen LogP contribution >= 0.6 is 23.2 Å². The van der Waals surface area contributed by atoms with Crippen molar-refractivity contribution in [2.24, 2.45) is 0 Å². The minimum atomic E-state index is -0.475. The Hall–Kier alpha value is -2.54. The van der Waals surface area contributed by atoms with Crippen molar-refractivity contribution >= 4 is 40.7 Å². The molecule has 1 atom stereocenters. The summed E-state index contributed by atoms with van der Waals surface area (Å²) in [7, 11) is 0. The van der Waals surface area contributed by atoms with Gasteiger partial charge in [-0.2, -0.15) is 5.10 Å². The fraction of sp³-hybridized carbons (Fsp3) is 0.304. The molecule has 0 radical (unpaired) electrons. The normalized spacial score (nSPS) is 15.6. The number of aryl methyl sites for hydroxylation is 1. The van der Waals surface area contributed by atoms with Crippen LogP contribution in [0.2, 0.25) is 10.0 Å². The van der Waals surface area contributed by atoms with E-state index in [1.807, 2.05) is 24.3 Å². The Morgan fingerprint density at radius 3 is 2.68 bits per heavy atom. The first-order valence-electron chi connectivity index (χ1n) is 10.1. The minimum Gasteiger partial charge on any atom is -0.388 e. The van der Waals surface area contributed by atoms with Crippen molar-refractivity contribution in [2.45, 2.75) is 45.1 Å². The number of urea groups is 1. The van der Waals surface area contributed by atoms with Gasteiger partial charge in [0, 0.05) is 11.5 Å². The summed E-state index contributed by atoms with van der Waals surface area (Å²) in [5.74, 6) is 0.507. The van der Waals surface area contributed by atoms with E-state index in [1.54, 1.807) is 22.9 Å². The molecule has 8 heteroatoms. The van der Waals surface area contributed by atoms with Crippen LogP contribution < -0.4 is 10.6 Å². The zero-order chi connectivity index (χ0) is 22.3. The molecule has 1 aliphatic rings. The lowest BCUT2D eigenvalue weighted by molar-refractivity contribution is 0.180. The second-order valence-corrected chi connectivity index (χ2v) is 9.48. The first-order valence-corrected chi connectivity index (χ1v) is 10.8. The van der Waals surface area contributed by atoms with E-state index in [0.717, 1.165) is 35.3 Å². The summed E-state index contributed by atoms with van der Waals surface area (Å²) in [4.78, 5) is 12.7. The van der Waals surface area contributed by atoms with Gasteiger partial charge in [-0.1, -0.05) is 56.1 Å². The number of aromatic nitrogens is 2. The standard InChI is InChI=1S/C23H24Cl2N4O2/c1-23(2,3)19-12-20(27-22(31)26-17-6-4-5-16(24)21(17)25)29(28-19)14-9-7-13-8-10-18(30)15(13)11-14/h4-7,9,11-12,18,30H,8,10H2,1-3H3,(H2,26,27,31). The third kappa shape index (κ3) is 4.42. The molecular weight excluding hydrogens is 435 g/mol. The molecule has 0 saturated heterocycles. The van der Waals surface area contributed by atoms with Crippen molar-refractivity contribution in [2.75, 3.05) is 10.6 Å². The summed E-state index contributed by atoms with van der Waals surface area (Å²) >= 11 is 12.2. The molecule has 0 saturated carbocycles. The molecule has 1 unspecified atom stereocenters. The number of nitrogens with zero attached hydrogens (tertiary/aromatic N) is 2. The van der Waals surface area contributed by atoms with Crippen LogP contribution in [0.3, 0.4) is 0 Å². The van der Waals surface area contributed by atoms with Gasteiger partial charge in [0.2, 0.25) is 0 Å². The lowest BCUT2D eigenvalue weighted by Crippen LogP contribution is -2.21. The smallest absolute Gasteiger partial charge is 0.324 e. The highest BCUT2D eigenvalue weighted by Crippen LogP contribution is 2.34. The Balaban J connectivity index is 1.67. The highest BCUT2D eigenvalue weighted by molar-refractivity contribution is 6.44. The summed E-state index contributed by atoms with van der Waals surface area (Å²) in [5, 5.41) is 21.2. The van der Waals surface area contributed by atoms with Gasteiger partial charge in [-0.25, -0.2) is 9.48 Å². The fourth-order valence-electron chi connectivity index (χ4n) is 3.60. The Kier molecular flexibility index (Phi) is 5.73. The first kappa shape index (κ1) is 21.7. The topological polar surface area (TPSA) is 79.2 Å². The molecule has 1 aromatic heterocycles. The van der Waals surface area contributed by atoms with E-state index >= 15 is 0 Å². The summed E-state index contributed by atoms with van der Waals surface area (Å²) in [6.07, 6.45) is 1.10. The third-order valence-electron chi connectivity index (χ3n) is 5.34. The van der Waals surface area contributed by atoms with E-state index in [9.17, 15) is 9.90 Å². The van der Waals surface area contributed by atoms with E-state index in [-0.39, 0.29) is 10.4 Å². The van der Waals surface area contributed by atoms with Gasteiger partial charge in [-0.05, 0) is 48.2 Å². The second-order valence-electron chi connectivity index (χ2n) is 8.69. The number of anilines is 2. The number of carbonyl (C=O) groups is 1. The summed E-state index contributed by atoms with van der Waals surface area (Å²) in [5.41, 5.74) is 3.84. The molecule has 1 heterocycles. The van der Waals surface area contributed by atoms with Crippen molar-refractivity contribution in [1.29, 1.82) is 0 Å². The molecular formula is C23H24Cl2N4O2. The van der Waals surface area contributed by atoms with Crippen LogP contribution in [0.4, 0.5) is 16.3 Å². The van der Waals surface area contributed by atoms with Gasteiger partial charge < -0.3 is 10.4 Å². The summed E-state index contributed by atoms with van der Waals surface area (Å²) < 4.78 is 1.69. The number of rotatable bonds is 3. The van der Waals surface area contributed by atoms with E-state index in [1.165, 1.54) is 0 Å². The quantitative estimate of drug-likeness (QED) is 0.443. The second kappa shape index (κ2) is 8.19. The predicted octanol–water partition coefficient (Wildman–Crippen LogP) is 6.10. The van der Waals surface area contributed by atoms with Gasteiger partial charge in [0.25, 0.3) is 0 Å². The number of benzene rings is 2. The van der Waals surface area contributed by atoms with Crippen LogP contribution in [0.25, 0.3) is 5.69 Å². The molecule has 6 nitrogen and oxygen atoms in total. The number of aliphatic hydroxyl groups excluding tert-OH is 1. The van der Waals surface area contributed by atoms with Crippen molar-refractivity contribution in [1.82, 2.24) is 9.78 Å². The van der Waals surface area contributed by atoms with E-state index in [0.29, 0.717) is 16.5 Å². The average Bonchev–Trinajstić information content (AvgIpc) is 3.29. The maximum atomic E-state index is 12.7. The molecule has 162 valence electrons. The molecule has 4 rings (SSSR count). The Labute approximate surface area is 191 Å². The number of fused-ring (bicyclic) bond motifs is 1. The number of nitrogens with one attached hydrogen (secondary N) is 2. The predicted molar refractivity (Wildman–Crippen MR) is 125 cm³/mol. The van der Waals surface area contributed by atoms with Gasteiger partial charge in [0.1, 0.15) is 5.82 Å². The van der Waals surface area contributed by atoms with E-state index in [2.05, 4.69) is 31.4 Å². The number of hydrogen-bond acceptors (Lipinski definition) is 3. The van der Waals surface area contributed by atoms with Crippen molar-refractivity contribution in [3.63, 3.8) is 0 Å². The number of amides is 2. The molecule has 31 heavy (non-hydrogen) atoms. The van der Waals surface area contributed by atoms with Crippen LogP contribution in [0.5, 0.6) is 0 Å². The van der Waals surface area contributed by atoms with Gasteiger partial charge in [0.15, 0.2) is 0 Å². The Morgan fingerprint density at radius 2 is 1.94 bits per heavy atom. The maximum Gasteiger partial charge on any atom is 0.324 e. The lowest BCUT2D eigenvalue weighted by atomic mass is 9.92. The monoisotopic (exact) mass is 458 g/mol. The number of halogens is 2. The first-order chi connectivity index (χ1) is 14.6. The molecule has 2 aromatic carbocycles. The number of aliphatic hydroxyl groups is 1. The SMILES string of the molecule is CC(C)(C)c1cc(NC(=O)Nc2cccc(Cl)c2Cl)n(-c2ccc3c(c2)C(O)CC3)n1. The van der Waals surface area contributed by atoms with Crippen LogP contribution in [-0.4, -0.2) is 20.9 Å². The highest BCUT2D eigenvalue weighted by Gasteiger charge is 2.24. The average molecular weight is 459 g/mol. The molecule has 0 spiro atoms. The summed E-state index contributed by atoms with van der Waals surface area (Å²) in [6.45, 7) is 6.17. The minimum absolute atomic E-state index is 0.218. The van der Waals surface area contributed by atoms with E-state index in [4.69, 9.17) is 28.3 Å². The van der Waals surface area contributed by atoms with Crippen LogP contribution in [0.15, 0.2) is 42.5 Å². The van der Waals surface area contributed by atoms with Gasteiger partial charge >= 0.3 is 6.03 Å². The van der Waals surface area contributed by atoms with Crippen LogP contribution in [0.1, 0.15) is 50.1 Å². The van der Waals surface area contributed by atoms with Gasteiger partial charge in [0.05, 0.1) is 33.2 Å². The molecule has 3 aromatic rings. The Bertz CT molecular complexity index is 1150. The molecule has 3 N–H and O–H groups in total. The van der Waals surface area contributed by atoms with Gasteiger partial charge in [-0.15, -0.1) is 0 Å². The highest BCUT2D eigenvalue weighted by atomic mass is 35.5. The molecule has 2 amide bonds. The number of carbonyl (C=O) groups excluding carboxylic acids is 1. The zero-order valence-corrected chi connectivity index (χ0v) is 19.1. The van der Waals surface area contributed by atoms with Crippen molar-refractivity contribution < 1.29 is 9.90 Å².